The molecule has 1 aromatic heterocycles. The fourth-order valence-corrected chi connectivity index (χ4v) is 1.54. The van der Waals surface area contributed by atoms with Gasteiger partial charge in [0, 0.05) is 11.6 Å². The van der Waals surface area contributed by atoms with Crippen molar-refractivity contribution < 1.29 is 13.7 Å². The monoisotopic (exact) mass is 251 g/mol. The van der Waals surface area contributed by atoms with Gasteiger partial charge >= 0.3 is 0 Å². The average Bonchev–Trinajstić information content (AvgIpc) is 2.73. The molecular formula is C12H14FN3O2. The van der Waals surface area contributed by atoms with Crippen molar-refractivity contribution in [2.45, 2.75) is 26.5 Å². The van der Waals surface area contributed by atoms with E-state index >= 15 is 0 Å². The Kier molecular flexibility index (Phi) is 3.57. The van der Waals surface area contributed by atoms with Gasteiger partial charge in [-0.2, -0.15) is 4.98 Å². The largest absolute Gasteiger partial charge is 0.483 e. The van der Waals surface area contributed by atoms with Crippen molar-refractivity contribution in [3.05, 3.63) is 41.3 Å². The van der Waals surface area contributed by atoms with Crippen molar-refractivity contribution in [1.82, 2.24) is 10.1 Å². The van der Waals surface area contributed by atoms with E-state index in [4.69, 9.17) is 15.0 Å². The molecule has 1 unspecified atom stereocenters. The van der Waals surface area contributed by atoms with Gasteiger partial charge in [-0.05, 0) is 32.0 Å². The van der Waals surface area contributed by atoms with E-state index in [0.29, 0.717) is 23.0 Å². The summed E-state index contributed by atoms with van der Waals surface area (Å²) in [5, 5.41) is 3.65. The normalized spacial score (nSPS) is 12.4. The third-order valence-corrected chi connectivity index (χ3v) is 2.38. The quantitative estimate of drug-likeness (QED) is 0.900. The molecule has 2 aromatic rings. The first-order valence-electron chi connectivity index (χ1n) is 5.53. The summed E-state index contributed by atoms with van der Waals surface area (Å²) in [7, 11) is 0. The van der Waals surface area contributed by atoms with E-state index in [0.717, 1.165) is 0 Å². The molecule has 96 valence electrons. The maximum atomic E-state index is 13.1. The summed E-state index contributed by atoms with van der Waals surface area (Å²) in [5.74, 6) is 1.08. The topological polar surface area (TPSA) is 74.2 Å². The molecule has 2 N–H and O–H groups in total. The third kappa shape index (κ3) is 2.84. The number of aryl methyl sites for hydroxylation is 1. The van der Waals surface area contributed by atoms with Crippen LogP contribution in [0.3, 0.4) is 0 Å². The first-order chi connectivity index (χ1) is 8.56. The molecule has 1 heterocycles. The van der Waals surface area contributed by atoms with Gasteiger partial charge in [0.05, 0.1) is 0 Å². The summed E-state index contributed by atoms with van der Waals surface area (Å²) in [6.07, 6.45) is 0. The number of halogens is 1. The Morgan fingerprint density at radius 1 is 1.50 bits per heavy atom. The zero-order chi connectivity index (χ0) is 13.1. The van der Waals surface area contributed by atoms with E-state index in [-0.39, 0.29) is 18.5 Å². The molecule has 0 radical (unpaired) electrons. The summed E-state index contributed by atoms with van der Waals surface area (Å²) in [6.45, 7) is 3.61. The van der Waals surface area contributed by atoms with Crippen molar-refractivity contribution in [1.29, 1.82) is 0 Å². The molecule has 1 atom stereocenters. The molecule has 0 aliphatic carbocycles. The summed E-state index contributed by atoms with van der Waals surface area (Å²) >= 11 is 0. The number of hydrogen-bond acceptors (Lipinski definition) is 5. The molecular weight excluding hydrogens is 237 g/mol. The smallest absolute Gasteiger partial charge is 0.264 e. The van der Waals surface area contributed by atoms with Crippen LogP contribution in [0.25, 0.3) is 0 Å². The zero-order valence-corrected chi connectivity index (χ0v) is 10.2. The molecule has 6 heteroatoms. The highest BCUT2D eigenvalue weighted by atomic mass is 19.1. The van der Waals surface area contributed by atoms with Crippen LogP contribution in [0.15, 0.2) is 22.7 Å². The van der Waals surface area contributed by atoms with Gasteiger partial charge in [-0.3, -0.25) is 0 Å². The molecule has 0 aliphatic rings. The van der Waals surface area contributed by atoms with Crippen molar-refractivity contribution in [2.75, 3.05) is 0 Å². The van der Waals surface area contributed by atoms with Crippen LogP contribution in [0, 0.1) is 12.7 Å². The van der Waals surface area contributed by atoms with Gasteiger partial charge in [0.15, 0.2) is 12.4 Å². The van der Waals surface area contributed by atoms with Gasteiger partial charge in [-0.25, -0.2) is 4.39 Å². The van der Waals surface area contributed by atoms with Crippen LogP contribution in [0.4, 0.5) is 4.39 Å². The van der Waals surface area contributed by atoms with Gasteiger partial charge in [-0.1, -0.05) is 5.16 Å². The third-order valence-electron chi connectivity index (χ3n) is 2.38. The van der Waals surface area contributed by atoms with Gasteiger partial charge in [-0.15, -0.1) is 0 Å². The number of hydrogen-bond donors (Lipinski definition) is 1. The number of nitrogens with two attached hydrogens (primary N) is 1. The maximum Gasteiger partial charge on any atom is 0.264 e. The van der Waals surface area contributed by atoms with Crippen LogP contribution in [0.1, 0.15) is 30.2 Å². The molecule has 0 saturated carbocycles. The number of nitrogens with zero attached hydrogens (tertiary/aromatic N) is 2. The highest BCUT2D eigenvalue weighted by Crippen LogP contribution is 2.25. The predicted molar refractivity (Wildman–Crippen MR) is 62.4 cm³/mol. The first kappa shape index (κ1) is 12.5. The predicted octanol–water partition coefficient (Wildman–Crippen LogP) is 2.12. The van der Waals surface area contributed by atoms with Crippen molar-refractivity contribution in [2.24, 2.45) is 5.73 Å². The van der Waals surface area contributed by atoms with Crippen LogP contribution in [-0.4, -0.2) is 10.1 Å². The fourth-order valence-electron chi connectivity index (χ4n) is 1.54. The number of rotatable bonds is 4. The zero-order valence-electron chi connectivity index (χ0n) is 10.2. The van der Waals surface area contributed by atoms with Crippen LogP contribution >= 0.6 is 0 Å². The average molecular weight is 251 g/mol. The molecule has 18 heavy (non-hydrogen) atoms. The number of aromatic nitrogens is 2. The highest BCUT2D eigenvalue weighted by molar-refractivity contribution is 5.36. The Hall–Kier alpha value is -1.95. The minimum absolute atomic E-state index is 0.131. The second-order valence-corrected chi connectivity index (χ2v) is 3.99. The molecule has 0 amide bonds. The lowest BCUT2D eigenvalue weighted by Crippen LogP contribution is -2.08. The standard InChI is InChI=1S/C12H14FN3O2/c1-7(14)10-5-9(13)3-4-11(10)17-6-12-15-8(2)16-18-12/h3-5,7H,6,14H2,1-2H3. The van der Waals surface area contributed by atoms with Gasteiger partial charge in [0.1, 0.15) is 11.6 Å². The molecule has 0 spiro atoms. The second-order valence-electron chi connectivity index (χ2n) is 3.99. The lowest BCUT2D eigenvalue weighted by Gasteiger charge is -2.12. The Morgan fingerprint density at radius 2 is 2.28 bits per heavy atom. The molecule has 1 aromatic carbocycles. The fraction of sp³-hybridized carbons (Fsp3) is 0.333. The second kappa shape index (κ2) is 5.14. The van der Waals surface area contributed by atoms with Gasteiger partial charge < -0.3 is 15.0 Å². The molecule has 5 nitrogen and oxygen atoms in total. The summed E-state index contributed by atoms with van der Waals surface area (Å²) in [6, 6.07) is 3.90. The van der Waals surface area contributed by atoms with Crippen LogP contribution < -0.4 is 10.5 Å². The van der Waals surface area contributed by atoms with E-state index in [2.05, 4.69) is 10.1 Å². The van der Waals surface area contributed by atoms with Gasteiger partial charge in [0.25, 0.3) is 5.89 Å². The Balaban J connectivity index is 2.13. The van der Waals surface area contributed by atoms with Crippen LogP contribution in [0.5, 0.6) is 5.75 Å². The molecule has 2 rings (SSSR count). The number of benzene rings is 1. The van der Waals surface area contributed by atoms with E-state index < -0.39 is 0 Å². The molecule has 0 saturated heterocycles. The van der Waals surface area contributed by atoms with Crippen molar-refractivity contribution >= 4 is 0 Å². The minimum Gasteiger partial charge on any atom is -0.483 e. The molecule has 0 bridgehead atoms. The van der Waals surface area contributed by atoms with E-state index in [9.17, 15) is 4.39 Å². The lowest BCUT2D eigenvalue weighted by atomic mass is 10.1. The Bertz CT molecular complexity index is 540. The van der Waals surface area contributed by atoms with E-state index in [1.54, 1.807) is 13.8 Å². The minimum atomic E-state index is -0.344. The SMILES string of the molecule is Cc1noc(COc2ccc(F)cc2C(C)N)n1. The summed E-state index contributed by atoms with van der Waals surface area (Å²) in [4.78, 5) is 4.01. The van der Waals surface area contributed by atoms with E-state index in [1.165, 1.54) is 18.2 Å². The van der Waals surface area contributed by atoms with Crippen molar-refractivity contribution in [3.63, 3.8) is 0 Å². The van der Waals surface area contributed by atoms with Crippen molar-refractivity contribution in [3.8, 4) is 5.75 Å². The maximum absolute atomic E-state index is 13.1. The molecule has 0 fully saturated rings. The van der Waals surface area contributed by atoms with Gasteiger partial charge in [0.2, 0.25) is 0 Å². The Morgan fingerprint density at radius 3 is 2.89 bits per heavy atom. The van der Waals surface area contributed by atoms with Crippen LogP contribution in [0.2, 0.25) is 0 Å². The first-order valence-corrected chi connectivity index (χ1v) is 5.53. The summed E-state index contributed by atoms with van der Waals surface area (Å²) in [5.41, 5.74) is 6.36. The molecule has 0 aliphatic heterocycles. The Labute approximate surface area is 104 Å². The lowest BCUT2D eigenvalue weighted by molar-refractivity contribution is 0.240. The highest BCUT2D eigenvalue weighted by Gasteiger charge is 2.11. The van der Waals surface area contributed by atoms with E-state index in [1.807, 2.05) is 0 Å². The summed E-state index contributed by atoms with van der Waals surface area (Å²) < 4.78 is 23.6. The number of ether oxygens (including phenoxy) is 1. The van der Waals surface area contributed by atoms with Crippen LogP contribution in [-0.2, 0) is 6.61 Å².